The topological polar surface area (TPSA) is 105 Å². The number of hydrazine groups is 1. The van der Waals surface area contributed by atoms with Crippen LogP contribution in [0.2, 0.25) is 0 Å². The van der Waals surface area contributed by atoms with Crippen molar-refractivity contribution in [2.45, 2.75) is 70.8 Å². The third-order valence-corrected chi connectivity index (χ3v) is 5.87. The van der Waals surface area contributed by atoms with Gasteiger partial charge in [-0.05, 0) is 57.9 Å². The molecule has 8 nitrogen and oxygen atoms in total. The van der Waals surface area contributed by atoms with E-state index in [0.29, 0.717) is 13.1 Å². The van der Waals surface area contributed by atoms with Crippen LogP contribution in [0, 0.1) is 0 Å². The van der Waals surface area contributed by atoms with Crippen LogP contribution in [0.4, 0.5) is 4.79 Å². The summed E-state index contributed by atoms with van der Waals surface area (Å²) in [4.78, 5) is 23.9. The van der Waals surface area contributed by atoms with Gasteiger partial charge in [0.2, 0.25) is 10.0 Å². The maximum atomic E-state index is 12.9. The summed E-state index contributed by atoms with van der Waals surface area (Å²) in [7, 11) is -3.62. The fourth-order valence-electron chi connectivity index (χ4n) is 2.43. The molecule has 0 atom stereocenters. The van der Waals surface area contributed by atoms with E-state index < -0.39 is 27.6 Å². The van der Waals surface area contributed by atoms with Crippen molar-refractivity contribution in [3.05, 3.63) is 29.8 Å². The molecule has 0 heterocycles. The van der Waals surface area contributed by atoms with Gasteiger partial charge in [-0.2, -0.15) is 4.31 Å². The lowest BCUT2D eigenvalue weighted by Gasteiger charge is -2.22. The monoisotopic (exact) mass is 427 g/mol. The van der Waals surface area contributed by atoms with Crippen molar-refractivity contribution in [1.82, 2.24) is 15.2 Å². The molecule has 1 aromatic rings. The molecule has 2 N–H and O–H groups in total. The number of ether oxygens (including phenoxy) is 1. The number of hydrogen-bond acceptors (Lipinski definition) is 5. The second-order valence-corrected chi connectivity index (χ2v) is 9.65. The van der Waals surface area contributed by atoms with E-state index in [1.165, 1.54) is 28.6 Å². The molecule has 0 aliphatic heterocycles. The van der Waals surface area contributed by atoms with Crippen molar-refractivity contribution in [1.29, 1.82) is 0 Å². The van der Waals surface area contributed by atoms with Crippen LogP contribution in [0.25, 0.3) is 0 Å². The second kappa shape index (κ2) is 11.2. The molecule has 0 aliphatic rings. The number of unbranched alkanes of at least 4 members (excludes halogenated alkanes) is 2. The van der Waals surface area contributed by atoms with E-state index in [2.05, 4.69) is 10.9 Å². The van der Waals surface area contributed by atoms with Gasteiger partial charge < -0.3 is 4.74 Å². The Morgan fingerprint density at radius 2 is 1.48 bits per heavy atom. The van der Waals surface area contributed by atoms with E-state index in [4.69, 9.17) is 4.74 Å². The van der Waals surface area contributed by atoms with Crippen molar-refractivity contribution < 1.29 is 22.7 Å². The largest absolute Gasteiger partial charge is 0.443 e. The Bertz CT molecular complexity index is 762. The van der Waals surface area contributed by atoms with Gasteiger partial charge in [0, 0.05) is 18.7 Å². The van der Waals surface area contributed by atoms with Gasteiger partial charge in [0.15, 0.2) is 0 Å². The number of nitrogens with zero attached hydrogens (tertiary/aromatic N) is 1. The van der Waals surface area contributed by atoms with E-state index in [9.17, 15) is 18.0 Å². The summed E-state index contributed by atoms with van der Waals surface area (Å²) in [6.45, 7) is 10.1. The lowest BCUT2D eigenvalue weighted by Crippen LogP contribution is -2.44. The first-order valence-electron chi connectivity index (χ1n) is 9.90. The maximum absolute atomic E-state index is 12.9. The van der Waals surface area contributed by atoms with Crippen LogP contribution in [0.5, 0.6) is 0 Å². The number of sulfonamides is 1. The highest BCUT2D eigenvalue weighted by Gasteiger charge is 2.24. The molecule has 9 heteroatoms. The van der Waals surface area contributed by atoms with Crippen molar-refractivity contribution in [2.75, 3.05) is 13.1 Å². The predicted octanol–water partition coefficient (Wildman–Crippen LogP) is 3.45. The Morgan fingerprint density at radius 1 is 0.966 bits per heavy atom. The van der Waals surface area contributed by atoms with Gasteiger partial charge in [-0.3, -0.25) is 10.2 Å². The molecule has 0 saturated heterocycles. The van der Waals surface area contributed by atoms with Gasteiger partial charge in [0.1, 0.15) is 5.60 Å². The van der Waals surface area contributed by atoms with Gasteiger partial charge in [-0.25, -0.2) is 18.6 Å². The molecule has 164 valence electrons. The molecule has 0 radical (unpaired) electrons. The standard InChI is InChI=1S/C20H33N3O5S/c1-6-8-14-23(15-9-7-2)29(26,27)17-12-10-16(11-13-17)18(24)21-22-19(25)28-20(3,4)5/h10-13H,6-9,14-15H2,1-5H3,(H,21,24)(H,22,25). The minimum atomic E-state index is -3.62. The highest BCUT2D eigenvalue weighted by molar-refractivity contribution is 7.89. The van der Waals surface area contributed by atoms with Crippen LogP contribution in [-0.2, 0) is 14.8 Å². The van der Waals surface area contributed by atoms with Gasteiger partial charge in [-0.15, -0.1) is 0 Å². The molecular weight excluding hydrogens is 394 g/mol. The van der Waals surface area contributed by atoms with Crippen molar-refractivity contribution in [3.63, 3.8) is 0 Å². The summed E-state index contributed by atoms with van der Waals surface area (Å²) in [6.07, 6.45) is 2.61. The van der Waals surface area contributed by atoms with Crippen LogP contribution in [0.1, 0.15) is 70.7 Å². The Morgan fingerprint density at radius 3 is 1.93 bits per heavy atom. The quantitative estimate of drug-likeness (QED) is 0.587. The molecule has 0 aromatic heterocycles. The van der Waals surface area contributed by atoms with Gasteiger partial charge >= 0.3 is 6.09 Å². The summed E-state index contributed by atoms with van der Waals surface area (Å²) in [6, 6.07) is 5.64. The first-order chi connectivity index (χ1) is 13.5. The lowest BCUT2D eigenvalue weighted by atomic mass is 10.2. The average Bonchev–Trinajstić information content (AvgIpc) is 2.64. The highest BCUT2D eigenvalue weighted by Crippen LogP contribution is 2.18. The third-order valence-electron chi connectivity index (χ3n) is 3.95. The molecule has 29 heavy (non-hydrogen) atoms. The number of rotatable bonds is 9. The number of benzene rings is 1. The molecule has 0 unspecified atom stereocenters. The smallest absolute Gasteiger partial charge is 0.426 e. The van der Waals surface area contributed by atoms with Crippen LogP contribution in [0.3, 0.4) is 0 Å². The number of amides is 2. The fraction of sp³-hybridized carbons (Fsp3) is 0.600. The van der Waals surface area contributed by atoms with Crippen LogP contribution < -0.4 is 10.9 Å². The third kappa shape index (κ3) is 8.41. The van der Waals surface area contributed by atoms with E-state index in [1.54, 1.807) is 20.8 Å². The molecule has 0 spiro atoms. The number of nitrogens with one attached hydrogen (secondary N) is 2. The Labute approximate surface area is 174 Å². The number of carbonyl (C=O) groups is 2. The summed E-state index contributed by atoms with van der Waals surface area (Å²) < 4.78 is 32.4. The minimum absolute atomic E-state index is 0.140. The summed E-state index contributed by atoms with van der Waals surface area (Å²) in [5.41, 5.74) is 3.92. The minimum Gasteiger partial charge on any atom is -0.443 e. The first-order valence-corrected chi connectivity index (χ1v) is 11.3. The zero-order chi connectivity index (χ0) is 22.1. The van der Waals surface area contributed by atoms with E-state index >= 15 is 0 Å². The predicted molar refractivity (Wildman–Crippen MR) is 112 cm³/mol. The number of hydrogen-bond donors (Lipinski definition) is 2. The molecule has 1 aromatic carbocycles. The Balaban J connectivity index is 2.82. The number of carbonyl (C=O) groups excluding carboxylic acids is 2. The summed E-state index contributed by atoms with van der Waals surface area (Å²) in [5.74, 6) is -0.575. The second-order valence-electron chi connectivity index (χ2n) is 7.72. The zero-order valence-electron chi connectivity index (χ0n) is 17.9. The maximum Gasteiger partial charge on any atom is 0.426 e. The van der Waals surface area contributed by atoms with Gasteiger partial charge in [0.05, 0.1) is 4.90 Å². The van der Waals surface area contributed by atoms with E-state index in [-0.39, 0.29) is 10.5 Å². The SMILES string of the molecule is CCCCN(CCCC)S(=O)(=O)c1ccc(C(=O)NNC(=O)OC(C)(C)C)cc1. The summed E-state index contributed by atoms with van der Waals surface area (Å²) >= 11 is 0. The molecule has 2 amide bonds. The van der Waals surface area contributed by atoms with Crippen LogP contribution in [0.15, 0.2) is 29.2 Å². The summed E-state index contributed by atoms with van der Waals surface area (Å²) in [5, 5.41) is 0. The van der Waals surface area contributed by atoms with E-state index in [0.717, 1.165) is 25.7 Å². The first kappa shape index (κ1) is 24.9. The van der Waals surface area contributed by atoms with Gasteiger partial charge in [0.25, 0.3) is 5.91 Å². The molecule has 0 bridgehead atoms. The van der Waals surface area contributed by atoms with Crippen LogP contribution in [-0.4, -0.2) is 43.4 Å². The van der Waals surface area contributed by atoms with Crippen molar-refractivity contribution in [3.8, 4) is 0 Å². The zero-order valence-corrected chi connectivity index (χ0v) is 18.8. The van der Waals surface area contributed by atoms with Crippen molar-refractivity contribution in [2.24, 2.45) is 0 Å². The molecule has 0 fully saturated rings. The molecular formula is C20H33N3O5S. The normalized spacial score (nSPS) is 11.9. The Kier molecular flexibility index (Phi) is 9.58. The highest BCUT2D eigenvalue weighted by atomic mass is 32.2. The Hall–Kier alpha value is -2.13. The molecule has 0 saturated carbocycles. The fourth-order valence-corrected chi connectivity index (χ4v) is 3.95. The average molecular weight is 428 g/mol. The lowest BCUT2D eigenvalue weighted by molar-refractivity contribution is 0.0483. The molecule has 1 rings (SSSR count). The van der Waals surface area contributed by atoms with Gasteiger partial charge in [-0.1, -0.05) is 26.7 Å². The molecule has 0 aliphatic carbocycles. The van der Waals surface area contributed by atoms with E-state index in [1.807, 2.05) is 13.8 Å². The van der Waals surface area contributed by atoms with Crippen molar-refractivity contribution >= 4 is 22.0 Å². The van der Waals surface area contributed by atoms with Crippen LogP contribution >= 0.6 is 0 Å².